The quantitative estimate of drug-likeness (QED) is 0.397. The molecule has 0 aliphatic heterocycles. The average Bonchev–Trinajstić information content (AvgIpc) is 2.16. The molecule has 0 aliphatic carbocycles. The lowest BCUT2D eigenvalue weighted by molar-refractivity contribution is 0.112. The topological polar surface area (TPSA) is 17.1 Å². The molecule has 12 heavy (non-hydrogen) atoms. The monoisotopic (exact) mass is 180 g/mol. The number of alkyl halides is 1. The molecule has 2 heteroatoms. The molecule has 0 N–H and O–H groups in total. The van der Waals surface area contributed by atoms with Gasteiger partial charge >= 0.3 is 0 Å². The molecule has 0 saturated heterocycles. The van der Waals surface area contributed by atoms with Gasteiger partial charge in [0.05, 0.1) is 5.38 Å². The number of hydrogen-bond acceptors (Lipinski definition) is 1. The van der Waals surface area contributed by atoms with Crippen molar-refractivity contribution in [2.75, 3.05) is 0 Å². The van der Waals surface area contributed by atoms with E-state index in [0.717, 1.165) is 11.8 Å². The summed E-state index contributed by atoms with van der Waals surface area (Å²) < 4.78 is 0. The Bertz CT molecular complexity index is 294. The first kappa shape index (κ1) is 9.01. The Hall–Kier alpha value is -1.08. The number of benzene rings is 1. The summed E-state index contributed by atoms with van der Waals surface area (Å²) >= 11 is 5.90. The maximum atomic E-state index is 10.6. The third kappa shape index (κ3) is 1.74. The van der Waals surface area contributed by atoms with Crippen molar-refractivity contribution in [3.8, 4) is 0 Å². The molecule has 0 radical (unpaired) electrons. The number of hydrogen-bond donors (Lipinski definition) is 0. The van der Waals surface area contributed by atoms with Crippen LogP contribution in [0, 0.1) is 0 Å². The van der Waals surface area contributed by atoms with E-state index < -0.39 is 0 Å². The van der Waals surface area contributed by atoms with Gasteiger partial charge in [-0.05, 0) is 5.56 Å². The zero-order valence-electron chi connectivity index (χ0n) is 6.53. The molecule has 1 nitrogen and oxygen atoms in total. The summed E-state index contributed by atoms with van der Waals surface area (Å²) in [6.07, 6.45) is 2.40. The van der Waals surface area contributed by atoms with Crippen molar-refractivity contribution < 1.29 is 4.79 Å². The van der Waals surface area contributed by atoms with Crippen molar-refractivity contribution in [3.63, 3.8) is 0 Å². The molecule has 0 bridgehead atoms. The van der Waals surface area contributed by atoms with Gasteiger partial charge in [0, 0.05) is 5.56 Å². The number of carbonyl (C=O) groups is 1. The molecule has 0 heterocycles. The Labute approximate surface area is 76.7 Å². The lowest BCUT2D eigenvalue weighted by atomic mass is 10.1. The largest absolute Gasteiger partial charge is 0.298 e. The van der Waals surface area contributed by atoms with Gasteiger partial charge in [0.1, 0.15) is 6.29 Å². The van der Waals surface area contributed by atoms with E-state index in [1.807, 2.05) is 12.1 Å². The van der Waals surface area contributed by atoms with Crippen molar-refractivity contribution in [2.24, 2.45) is 0 Å². The Kier molecular flexibility index (Phi) is 3.06. The van der Waals surface area contributed by atoms with Gasteiger partial charge in [-0.3, -0.25) is 4.79 Å². The van der Waals surface area contributed by atoms with E-state index in [4.69, 9.17) is 11.6 Å². The molecular formula is C10H9ClO. The maximum Gasteiger partial charge on any atom is 0.150 e. The zero-order valence-corrected chi connectivity index (χ0v) is 7.29. The number of aldehydes is 1. The number of rotatable bonds is 3. The van der Waals surface area contributed by atoms with Crippen LogP contribution in [0.1, 0.15) is 21.3 Å². The van der Waals surface area contributed by atoms with E-state index in [9.17, 15) is 4.79 Å². The molecule has 1 aromatic carbocycles. The van der Waals surface area contributed by atoms with Gasteiger partial charge in [0.25, 0.3) is 0 Å². The van der Waals surface area contributed by atoms with E-state index in [0.29, 0.717) is 5.56 Å². The van der Waals surface area contributed by atoms with Crippen LogP contribution in [0.3, 0.4) is 0 Å². The standard InChI is InChI=1S/C10H9ClO/c1-2-10(11)9-6-4-3-5-8(9)7-12/h2-7,10H,1H2. The zero-order chi connectivity index (χ0) is 8.97. The van der Waals surface area contributed by atoms with Crippen LogP contribution in [0.4, 0.5) is 0 Å². The van der Waals surface area contributed by atoms with E-state index in [1.54, 1.807) is 18.2 Å². The summed E-state index contributed by atoms with van der Waals surface area (Å²) in [4.78, 5) is 10.6. The highest BCUT2D eigenvalue weighted by atomic mass is 35.5. The Morgan fingerprint density at radius 3 is 2.67 bits per heavy atom. The summed E-state index contributed by atoms with van der Waals surface area (Å²) in [5.74, 6) is 0. The highest BCUT2D eigenvalue weighted by Gasteiger charge is 2.06. The maximum absolute atomic E-state index is 10.6. The van der Waals surface area contributed by atoms with Crippen LogP contribution in [-0.2, 0) is 0 Å². The predicted octanol–water partition coefficient (Wildman–Crippen LogP) is 2.97. The van der Waals surface area contributed by atoms with Crippen molar-refractivity contribution >= 4 is 17.9 Å². The minimum atomic E-state index is -0.286. The number of halogens is 1. The molecule has 0 saturated carbocycles. The van der Waals surface area contributed by atoms with Crippen LogP contribution in [0.25, 0.3) is 0 Å². The second kappa shape index (κ2) is 4.07. The first-order valence-corrected chi connectivity index (χ1v) is 4.04. The predicted molar refractivity (Wildman–Crippen MR) is 50.6 cm³/mol. The number of carbonyl (C=O) groups excluding carboxylic acids is 1. The van der Waals surface area contributed by atoms with Crippen LogP contribution in [-0.4, -0.2) is 6.29 Å². The first-order chi connectivity index (χ1) is 5.79. The van der Waals surface area contributed by atoms with Crippen molar-refractivity contribution in [3.05, 3.63) is 48.0 Å². The molecule has 1 unspecified atom stereocenters. The third-order valence-electron chi connectivity index (χ3n) is 1.63. The molecule has 0 spiro atoms. The van der Waals surface area contributed by atoms with E-state index >= 15 is 0 Å². The lowest BCUT2D eigenvalue weighted by Crippen LogP contribution is -1.92. The van der Waals surface area contributed by atoms with E-state index in [1.165, 1.54) is 0 Å². The summed E-state index contributed by atoms with van der Waals surface area (Å²) in [7, 11) is 0. The van der Waals surface area contributed by atoms with Crippen molar-refractivity contribution in [2.45, 2.75) is 5.38 Å². The third-order valence-corrected chi connectivity index (χ3v) is 2.04. The van der Waals surface area contributed by atoms with Crippen LogP contribution < -0.4 is 0 Å². The smallest absolute Gasteiger partial charge is 0.150 e. The normalized spacial score (nSPS) is 12.1. The molecule has 0 aromatic heterocycles. The molecule has 1 rings (SSSR count). The second-order valence-corrected chi connectivity index (χ2v) is 2.85. The van der Waals surface area contributed by atoms with Gasteiger partial charge in [-0.2, -0.15) is 0 Å². The van der Waals surface area contributed by atoms with Crippen molar-refractivity contribution in [1.82, 2.24) is 0 Å². The van der Waals surface area contributed by atoms with Crippen molar-refractivity contribution in [1.29, 1.82) is 0 Å². The van der Waals surface area contributed by atoms with Gasteiger partial charge in [-0.1, -0.05) is 30.3 Å². The Balaban J connectivity index is 3.12. The SMILES string of the molecule is C=CC(Cl)c1ccccc1C=O. The van der Waals surface area contributed by atoms with E-state index in [-0.39, 0.29) is 5.38 Å². The van der Waals surface area contributed by atoms with Gasteiger partial charge in [-0.15, -0.1) is 18.2 Å². The van der Waals surface area contributed by atoms with Gasteiger partial charge in [-0.25, -0.2) is 0 Å². The Morgan fingerprint density at radius 2 is 2.08 bits per heavy atom. The molecule has 1 aromatic rings. The highest BCUT2D eigenvalue weighted by molar-refractivity contribution is 6.22. The molecule has 0 fully saturated rings. The molecule has 62 valence electrons. The highest BCUT2D eigenvalue weighted by Crippen LogP contribution is 2.23. The average molecular weight is 181 g/mol. The summed E-state index contributed by atoms with van der Waals surface area (Å²) in [5, 5.41) is -0.286. The number of allylic oxidation sites excluding steroid dienone is 1. The van der Waals surface area contributed by atoms with Gasteiger partial charge in [0.2, 0.25) is 0 Å². The molecule has 1 atom stereocenters. The fraction of sp³-hybridized carbons (Fsp3) is 0.100. The minimum Gasteiger partial charge on any atom is -0.298 e. The van der Waals surface area contributed by atoms with E-state index in [2.05, 4.69) is 6.58 Å². The molecule has 0 aliphatic rings. The van der Waals surface area contributed by atoms with Gasteiger partial charge in [0.15, 0.2) is 0 Å². The first-order valence-electron chi connectivity index (χ1n) is 3.60. The van der Waals surface area contributed by atoms with Crippen LogP contribution >= 0.6 is 11.6 Å². The fourth-order valence-corrected chi connectivity index (χ4v) is 1.20. The van der Waals surface area contributed by atoms with Crippen LogP contribution in [0.5, 0.6) is 0 Å². The second-order valence-electron chi connectivity index (χ2n) is 2.38. The Morgan fingerprint density at radius 1 is 1.42 bits per heavy atom. The summed E-state index contributed by atoms with van der Waals surface area (Å²) in [5.41, 5.74) is 1.43. The van der Waals surface area contributed by atoms with Gasteiger partial charge < -0.3 is 0 Å². The van der Waals surface area contributed by atoms with Crippen LogP contribution in [0.2, 0.25) is 0 Å². The lowest BCUT2D eigenvalue weighted by Gasteiger charge is -2.05. The fourth-order valence-electron chi connectivity index (χ4n) is 0.996. The minimum absolute atomic E-state index is 0.286. The molecular weight excluding hydrogens is 172 g/mol. The summed E-state index contributed by atoms with van der Waals surface area (Å²) in [6, 6.07) is 7.21. The molecule has 0 amide bonds. The van der Waals surface area contributed by atoms with Crippen LogP contribution in [0.15, 0.2) is 36.9 Å². The summed E-state index contributed by atoms with van der Waals surface area (Å²) in [6.45, 7) is 3.56.